The number of rotatable bonds is 4. The third-order valence-corrected chi connectivity index (χ3v) is 3.42. The van der Waals surface area contributed by atoms with Gasteiger partial charge in [-0.05, 0) is 57.0 Å². The van der Waals surface area contributed by atoms with Gasteiger partial charge in [0.1, 0.15) is 5.69 Å². The van der Waals surface area contributed by atoms with E-state index in [2.05, 4.69) is 15.6 Å². The number of benzene rings is 1. The van der Waals surface area contributed by atoms with E-state index in [1.807, 2.05) is 45.9 Å². The van der Waals surface area contributed by atoms with Crippen molar-refractivity contribution in [3.8, 4) is 0 Å². The van der Waals surface area contributed by atoms with Crippen LogP contribution in [-0.4, -0.2) is 16.9 Å². The molecule has 0 spiro atoms. The number of carbonyl (C=O) groups excluding carboxylic acids is 1. The van der Waals surface area contributed by atoms with Gasteiger partial charge in [-0.1, -0.05) is 17.7 Å². The monoisotopic (exact) mass is 317 g/mol. The SMILES string of the molecule is Cc1cc(C)c(NC(=O)c2ccc(NC(C)C)cn2)c(Cl)c1. The Morgan fingerprint density at radius 1 is 1.23 bits per heavy atom. The number of amides is 1. The fourth-order valence-electron chi connectivity index (χ4n) is 2.20. The molecule has 4 nitrogen and oxygen atoms in total. The molecule has 2 rings (SSSR count). The van der Waals surface area contributed by atoms with E-state index in [9.17, 15) is 4.79 Å². The topological polar surface area (TPSA) is 54.0 Å². The Kier molecular flexibility index (Phi) is 5.03. The summed E-state index contributed by atoms with van der Waals surface area (Å²) in [7, 11) is 0. The molecule has 0 aliphatic rings. The molecule has 1 aromatic heterocycles. The van der Waals surface area contributed by atoms with E-state index in [1.165, 1.54) is 0 Å². The van der Waals surface area contributed by atoms with E-state index in [1.54, 1.807) is 12.3 Å². The van der Waals surface area contributed by atoms with Gasteiger partial charge in [0.2, 0.25) is 0 Å². The van der Waals surface area contributed by atoms with Crippen LogP contribution in [0.2, 0.25) is 5.02 Å². The van der Waals surface area contributed by atoms with Crippen LogP contribution in [-0.2, 0) is 0 Å². The lowest BCUT2D eigenvalue weighted by Gasteiger charge is -2.12. The number of nitrogens with zero attached hydrogens (tertiary/aromatic N) is 1. The van der Waals surface area contributed by atoms with Crippen LogP contribution in [0.4, 0.5) is 11.4 Å². The van der Waals surface area contributed by atoms with Crippen LogP contribution in [0.1, 0.15) is 35.5 Å². The van der Waals surface area contributed by atoms with Gasteiger partial charge in [-0.2, -0.15) is 0 Å². The summed E-state index contributed by atoms with van der Waals surface area (Å²) >= 11 is 6.20. The molecule has 0 saturated heterocycles. The normalized spacial score (nSPS) is 10.6. The smallest absolute Gasteiger partial charge is 0.274 e. The fourth-order valence-corrected chi connectivity index (χ4v) is 2.57. The van der Waals surface area contributed by atoms with Crippen molar-refractivity contribution in [2.24, 2.45) is 0 Å². The van der Waals surface area contributed by atoms with Crippen molar-refractivity contribution in [3.63, 3.8) is 0 Å². The minimum absolute atomic E-state index is 0.273. The summed E-state index contributed by atoms with van der Waals surface area (Å²) in [5.41, 5.74) is 3.85. The maximum atomic E-state index is 12.3. The molecular weight excluding hydrogens is 298 g/mol. The highest BCUT2D eigenvalue weighted by molar-refractivity contribution is 6.34. The minimum Gasteiger partial charge on any atom is -0.382 e. The van der Waals surface area contributed by atoms with Gasteiger partial charge < -0.3 is 10.6 Å². The number of hydrogen-bond donors (Lipinski definition) is 2. The molecule has 5 heteroatoms. The Morgan fingerprint density at radius 3 is 2.50 bits per heavy atom. The van der Waals surface area contributed by atoms with E-state index >= 15 is 0 Å². The molecular formula is C17H20ClN3O. The highest BCUT2D eigenvalue weighted by Crippen LogP contribution is 2.27. The van der Waals surface area contributed by atoms with Gasteiger partial charge in [0.15, 0.2) is 0 Å². The summed E-state index contributed by atoms with van der Waals surface area (Å²) in [4.78, 5) is 16.5. The molecule has 116 valence electrons. The molecule has 2 N–H and O–H groups in total. The number of nitrogens with one attached hydrogen (secondary N) is 2. The van der Waals surface area contributed by atoms with Gasteiger partial charge in [0.25, 0.3) is 5.91 Å². The van der Waals surface area contributed by atoms with Crippen LogP contribution in [0.5, 0.6) is 0 Å². The van der Waals surface area contributed by atoms with Gasteiger partial charge in [0.05, 0.1) is 22.6 Å². The Hall–Kier alpha value is -2.07. The molecule has 0 radical (unpaired) electrons. The molecule has 2 aromatic rings. The molecule has 0 atom stereocenters. The molecule has 0 aliphatic carbocycles. The zero-order valence-corrected chi connectivity index (χ0v) is 14.0. The van der Waals surface area contributed by atoms with Crippen LogP contribution < -0.4 is 10.6 Å². The number of pyridine rings is 1. The average molecular weight is 318 g/mol. The molecule has 1 aromatic carbocycles. The fraction of sp³-hybridized carbons (Fsp3) is 0.294. The van der Waals surface area contributed by atoms with Gasteiger partial charge in [-0.3, -0.25) is 4.79 Å². The minimum atomic E-state index is -0.273. The molecule has 0 bridgehead atoms. The zero-order valence-electron chi connectivity index (χ0n) is 13.2. The predicted molar refractivity (Wildman–Crippen MR) is 91.9 cm³/mol. The van der Waals surface area contributed by atoms with Crippen LogP contribution in [0.3, 0.4) is 0 Å². The third kappa shape index (κ3) is 3.98. The van der Waals surface area contributed by atoms with Crippen molar-refractivity contribution in [2.75, 3.05) is 10.6 Å². The lowest BCUT2D eigenvalue weighted by atomic mass is 10.1. The lowest BCUT2D eigenvalue weighted by Crippen LogP contribution is -2.15. The quantitative estimate of drug-likeness (QED) is 0.877. The van der Waals surface area contributed by atoms with E-state index in [0.717, 1.165) is 16.8 Å². The van der Waals surface area contributed by atoms with Gasteiger partial charge >= 0.3 is 0 Å². The molecule has 0 unspecified atom stereocenters. The number of aromatic nitrogens is 1. The highest BCUT2D eigenvalue weighted by atomic mass is 35.5. The zero-order chi connectivity index (χ0) is 16.3. The van der Waals surface area contributed by atoms with Gasteiger partial charge in [-0.25, -0.2) is 4.98 Å². The number of aryl methyl sites for hydroxylation is 2. The highest BCUT2D eigenvalue weighted by Gasteiger charge is 2.12. The second kappa shape index (κ2) is 6.79. The van der Waals surface area contributed by atoms with Crippen molar-refractivity contribution in [2.45, 2.75) is 33.7 Å². The first-order valence-corrected chi connectivity index (χ1v) is 7.55. The molecule has 1 heterocycles. The predicted octanol–water partition coefficient (Wildman–Crippen LogP) is 4.42. The Bertz CT molecular complexity index is 658. The van der Waals surface area contributed by atoms with Crippen molar-refractivity contribution >= 4 is 28.9 Å². The van der Waals surface area contributed by atoms with Gasteiger partial charge in [0, 0.05) is 6.04 Å². The first-order valence-electron chi connectivity index (χ1n) is 7.17. The van der Waals surface area contributed by atoms with Crippen molar-refractivity contribution in [1.29, 1.82) is 0 Å². The largest absolute Gasteiger partial charge is 0.382 e. The number of hydrogen-bond acceptors (Lipinski definition) is 3. The summed E-state index contributed by atoms with van der Waals surface area (Å²) in [6.07, 6.45) is 1.65. The molecule has 1 amide bonds. The number of halogens is 1. The summed E-state index contributed by atoms with van der Waals surface area (Å²) in [5, 5.41) is 6.59. The van der Waals surface area contributed by atoms with E-state index in [4.69, 9.17) is 11.6 Å². The summed E-state index contributed by atoms with van der Waals surface area (Å²) in [5.74, 6) is -0.273. The average Bonchev–Trinajstić information content (AvgIpc) is 2.42. The van der Waals surface area contributed by atoms with Crippen LogP contribution in [0.25, 0.3) is 0 Å². The number of anilines is 2. The van der Waals surface area contributed by atoms with E-state index in [0.29, 0.717) is 22.4 Å². The standard InChI is InChI=1S/C17H20ClN3O/c1-10(2)20-13-5-6-15(19-9-13)17(22)21-16-12(4)7-11(3)8-14(16)18/h5-10,20H,1-4H3,(H,21,22). The van der Waals surface area contributed by atoms with Crippen LogP contribution in [0, 0.1) is 13.8 Å². The first kappa shape index (κ1) is 16.3. The van der Waals surface area contributed by atoms with Crippen LogP contribution in [0.15, 0.2) is 30.5 Å². The van der Waals surface area contributed by atoms with E-state index < -0.39 is 0 Å². The van der Waals surface area contributed by atoms with Crippen LogP contribution >= 0.6 is 11.6 Å². The molecule has 0 saturated carbocycles. The summed E-state index contributed by atoms with van der Waals surface area (Å²) in [6.45, 7) is 7.97. The third-order valence-electron chi connectivity index (χ3n) is 3.12. The van der Waals surface area contributed by atoms with Crippen molar-refractivity contribution in [1.82, 2.24) is 4.98 Å². The molecule has 22 heavy (non-hydrogen) atoms. The van der Waals surface area contributed by atoms with Crippen molar-refractivity contribution in [3.05, 3.63) is 52.3 Å². The van der Waals surface area contributed by atoms with E-state index in [-0.39, 0.29) is 5.91 Å². The maximum Gasteiger partial charge on any atom is 0.274 e. The maximum absolute atomic E-state index is 12.3. The Morgan fingerprint density at radius 2 is 1.95 bits per heavy atom. The lowest BCUT2D eigenvalue weighted by molar-refractivity contribution is 0.102. The van der Waals surface area contributed by atoms with Gasteiger partial charge in [-0.15, -0.1) is 0 Å². The summed E-state index contributed by atoms with van der Waals surface area (Å²) < 4.78 is 0. The second-order valence-corrected chi connectivity index (χ2v) is 6.03. The second-order valence-electron chi connectivity index (χ2n) is 5.62. The molecule has 0 aliphatic heterocycles. The van der Waals surface area contributed by atoms with Crippen molar-refractivity contribution < 1.29 is 4.79 Å². The number of carbonyl (C=O) groups is 1. The Labute approximate surface area is 135 Å². The molecule has 0 fully saturated rings. The first-order chi connectivity index (χ1) is 10.4. The summed E-state index contributed by atoms with van der Waals surface area (Å²) in [6, 6.07) is 7.65. The Balaban J connectivity index is 2.16.